The lowest BCUT2D eigenvalue weighted by Gasteiger charge is -2.06. The van der Waals surface area contributed by atoms with Crippen molar-refractivity contribution < 1.29 is 9.84 Å². The summed E-state index contributed by atoms with van der Waals surface area (Å²) in [6.07, 6.45) is 6.53. The quantitative estimate of drug-likeness (QED) is 0.664. The van der Waals surface area contributed by atoms with Gasteiger partial charge in [0.15, 0.2) is 0 Å². The fourth-order valence-electron chi connectivity index (χ4n) is 1.80. The van der Waals surface area contributed by atoms with E-state index < -0.39 is 0 Å². The molecule has 0 bridgehead atoms. The molecule has 0 atom stereocenters. The van der Waals surface area contributed by atoms with Crippen LogP contribution in [0.4, 0.5) is 0 Å². The van der Waals surface area contributed by atoms with Gasteiger partial charge in [-0.15, -0.1) is 0 Å². The van der Waals surface area contributed by atoms with E-state index in [0.29, 0.717) is 6.61 Å². The fourth-order valence-corrected chi connectivity index (χ4v) is 1.80. The first-order valence-corrected chi connectivity index (χ1v) is 6.69. The standard InChI is InChI=1S/C15H24O2/c1-2-7-14-8-10-15(11-9-14)17-13-6-4-3-5-12-16/h8-11,16H,2-7,12-13H2,1H3. The first-order valence-electron chi connectivity index (χ1n) is 6.69. The number of aryl methyl sites for hydroxylation is 1. The van der Waals surface area contributed by atoms with Crippen molar-refractivity contribution >= 4 is 0 Å². The van der Waals surface area contributed by atoms with Crippen LogP contribution < -0.4 is 4.74 Å². The second kappa shape index (κ2) is 9.06. The second-order valence-electron chi connectivity index (χ2n) is 4.38. The van der Waals surface area contributed by atoms with Crippen LogP contribution in [0.3, 0.4) is 0 Å². The van der Waals surface area contributed by atoms with Gasteiger partial charge in [0.25, 0.3) is 0 Å². The highest BCUT2D eigenvalue weighted by Crippen LogP contribution is 2.14. The Morgan fingerprint density at radius 3 is 2.35 bits per heavy atom. The molecule has 96 valence electrons. The van der Waals surface area contributed by atoms with Crippen molar-refractivity contribution in [1.29, 1.82) is 0 Å². The monoisotopic (exact) mass is 236 g/mol. The zero-order valence-electron chi connectivity index (χ0n) is 10.8. The fraction of sp³-hybridized carbons (Fsp3) is 0.600. The summed E-state index contributed by atoms with van der Waals surface area (Å²) in [7, 11) is 0. The summed E-state index contributed by atoms with van der Waals surface area (Å²) in [5.74, 6) is 0.965. The molecular formula is C15H24O2. The third-order valence-electron chi connectivity index (χ3n) is 2.78. The van der Waals surface area contributed by atoms with Gasteiger partial charge in [-0.3, -0.25) is 0 Å². The minimum absolute atomic E-state index is 0.305. The van der Waals surface area contributed by atoms with Gasteiger partial charge < -0.3 is 9.84 Å². The van der Waals surface area contributed by atoms with E-state index >= 15 is 0 Å². The minimum Gasteiger partial charge on any atom is -0.494 e. The number of aliphatic hydroxyl groups excluding tert-OH is 1. The van der Waals surface area contributed by atoms with Crippen LogP contribution in [0.5, 0.6) is 5.75 Å². The maximum Gasteiger partial charge on any atom is 0.119 e. The summed E-state index contributed by atoms with van der Waals surface area (Å²) in [6.45, 7) is 3.27. The predicted molar refractivity (Wildman–Crippen MR) is 71.5 cm³/mol. The SMILES string of the molecule is CCCc1ccc(OCCCCCCO)cc1. The highest BCUT2D eigenvalue weighted by molar-refractivity contribution is 5.27. The highest BCUT2D eigenvalue weighted by atomic mass is 16.5. The van der Waals surface area contributed by atoms with E-state index in [-0.39, 0.29) is 0 Å². The Balaban J connectivity index is 2.14. The van der Waals surface area contributed by atoms with Crippen LogP contribution in [0.2, 0.25) is 0 Å². The van der Waals surface area contributed by atoms with Crippen LogP contribution >= 0.6 is 0 Å². The average Bonchev–Trinajstić information content (AvgIpc) is 2.36. The average molecular weight is 236 g/mol. The van der Waals surface area contributed by atoms with Gasteiger partial charge in [0.05, 0.1) is 6.61 Å². The first kappa shape index (κ1) is 14.0. The van der Waals surface area contributed by atoms with Crippen LogP contribution in [-0.4, -0.2) is 18.3 Å². The Labute approximate surface area is 105 Å². The van der Waals surface area contributed by atoms with Gasteiger partial charge in [-0.2, -0.15) is 0 Å². The van der Waals surface area contributed by atoms with E-state index in [1.807, 2.05) is 0 Å². The molecule has 1 aromatic rings. The van der Waals surface area contributed by atoms with Gasteiger partial charge >= 0.3 is 0 Å². The number of hydrogen-bond acceptors (Lipinski definition) is 2. The summed E-state index contributed by atoms with van der Waals surface area (Å²) >= 11 is 0. The van der Waals surface area contributed by atoms with Crippen LogP contribution in [0.25, 0.3) is 0 Å². The molecule has 1 aromatic carbocycles. The van der Waals surface area contributed by atoms with Gasteiger partial charge in [0.1, 0.15) is 5.75 Å². The summed E-state index contributed by atoms with van der Waals surface area (Å²) in [5.41, 5.74) is 1.38. The zero-order valence-corrected chi connectivity index (χ0v) is 10.8. The maximum atomic E-state index is 8.64. The number of ether oxygens (including phenoxy) is 1. The number of hydrogen-bond donors (Lipinski definition) is 1. The number of unbranched alkanes of at least 4 members (excludes halogenated alkanes) is 3. The molecule has 0 fully saturated rings. The van der Waals surface area contributed by atoms with E-state index in [4.69, 9.17) is 9.84 Å². The van der Waals surface area contributed by atoms with E-state index in [1.165, 1.54) is 12.0 Å². The third kappa shape index (κ3) is 6.32. The molecule has 17 heavy (non-hydrogen) atoms. The van der Waals surface area contributed by atoms with E-state index in [9.17, 15) is 0 Å². The van der Waals surface area contributed by atoms with Crippen molar-refractivity contribution in [2.45, 2.75) is 45.4 Å². The molecule has 1 rings (SSSR count). The molecule has 0 amide bonds. The van der Waals surface area contributed by atoms with Crippen molar-refractivity contribution in [3.63, 3.8) is 0 Å². The first-order chi connectivity index (χ1) is 8.36. The molecule has 0 spiro atoms. The topological polar surface area (TPSA) is 29.5 Å². The lowest BCUT2D eigenvalue weighted by Crippen LogP contribution is -1.97. The van der Waals surface area contributed by atoms with Gasteiger partial charge in [-0.25, -0.2) is 0 Å². The molecule has 0 aromatic heterocycles. The minimum atomic E-state index is 0.305. The predicted octanol–water partition coefficient (Wildman–Crippen LogP) is 3.57. The molecule has 0 saturated carbocycles. The summed E-state index contributed by atoms with van der Waals surface area (Å²) in [6, 6.07) is 8.40. The molecule has 2 nitrogen and oxygen atoms in total. The van der Waals surface area contributed by atoms with E-state index in [2.05, 4.69) is 31.2 Å². The Morgan fingerprint density at radius 2 is 1.71 bits per heavy atom. The van der Waals surface area contributed by atoms with Crippen molar-refractivity contribution in [1.82, 2.24) is 0 Å². The molecule has 0 aliphatic heterocycles. The van der Waals surface area contributed by atoms with Crippen LogP contribution in [0, 0.1) is 0 Å². The Morgan fingerprint density at radius 1 is 1.00 bits per heavy atom. The van der Waals surface area contributed by atoms with Crippen molar-refractivity contribution in [3.05, 3.63) is 29.8 Å². The molecule has 0 unspecified atom stereocenters. The van der Waals surface area contributed by atoms with Crippen molar-refractivity contribution in [2.75, 3.05) is 13.2 Å². The van der Waals surface area contributed by atoms with Gasteiger partial charge in [0, 0.05) is 6.61 Å². The van der Waals surface area contributed by atoms with Crippen molar-refractivity contribution in [2.24, 2.45) is 0 Å². The Hall–Kier alpha value is -1.02. The maximum absolute atomic E-state index is 8.64. The number of benzene rings is 1. The Kier molecular flexibility index (Phi) is 7.48. The van der Waals surface area contributed by atoms with Gasteiger partial charge in [-0.05, 0) is 43.4 Å². The Bertz CT molecular complexity index is 279. The molecule has 0 radical (unpaired) electrons. The zero-order chi connectivity index (χ0) is 12.3. The largest absolute Gasteiger partial charge is 0.494 e. The molecule has 0 saturated heterocycles. The van der Waals surface area contributed by atoms with Crippen molar-refractivity contribution in [3.8, 4) is 5.75 Å². The summed E-state index contributed by atoms with van der Waals surface area (Å²) in [5, 5.41) is 8.64. The summed E-state index contributed by atoms with van der Waals surface area (Å²) < 4.78 is 5.66. The second-order valence-corrected chi connectivity index (χ2v) is 4.38. The lowest BCUT2D eigenvalue weighted by atomic mass is 10.1. The smallest absolute Gasteiger partial charge is 0.119 e. The molecule has 0 aliphatic carbocycles. The number of rotatable bonds is 9. The van der Waals surface area contributed by atoms with Gasteiger partial charge in [-0.1, -0.05) is 31.9 Å². The molecule has 2 heteroatoms. The van der Waals surface area contributed by atoms with Crippen LogP contribution in [0.15, 0.2) is 24.3 Å². The lowest BCUT2D eigenvalue weighted by molar-refractivity contribution is 0.273. The molecule has 1 N–H and O–H groups in total. The summed E-state index contributed by atoms with van der Waals surface area (Å²) in [4.78, 5) is 0. The molecule has 0 heterocycles. The van der Waals surface area contributed by atoms with Crippen LogP contribution in [-0.2, 0) is 6.42 Å². The van der Waals surface area contributed by atoms with Gasteiger partial charge in [0.2, 0.25) is 0 Å². The highest BCUT2D eigenvalue weighted by Gasteiger charge is 1.95. The molecular weight excluding hydrogens is 212 g/mol. The van der Waals surface area contributed by atoms with E-state index in [1.54, 1.807) is 0 Å². The molecule has 0 aliphatic rings. The number of aliphatic hydroxyl groups is 1. The van der Waals surface area contributed by atoms with E-state index in [0.717, 1.165) is 44.5 Å². The van der Waals surface area contributed by atoms with Crippen LogP contribution in [0.1, 0.15) is 44.6 Å². The third-order valence-corrected chi connectivity index (χ3v) is 2.78. The normalized spacial score (nSPS) is 10.5.